The van der Waals surface area contributed by atoms with Crippen LogP contribution in [0.15, 0.2) is 36.8 Å². The fraction of sp³-hybridized carbons (Fsp3) is 0.438. The maximum Gasteiger partial charge on any atom is 0.0921 e. The van der Waals surface area contributed by atoms with Crippen molar-refractivity contribution in [3.05, 3.63) is 53.1 Å². The zero-order valence-electron chi connectivity index (χ0n) is 11.6. The number of hydrogen-bond donors (Lipinski definition) is 1. The van der Waals surface area contributed by atoms with E-state index in [0.717, 1.165) is 23.9 Å². The zero-order chi connectivity index (χ0) is 13.8. The van der Waals surface area contributed by atoms with Crippen LogP contribution in [0.5, 0.6) is 0 Å². The van der Waals surface area contributed by atoms with Crippen molar-refractivity contribution in [1.82, 2.24) is 14.9 Å². The molecular weight excluding hydrogens is 270 g/mol. The predicted octanol–water partition coefficient (Wildman–Crippen LogP) is 3.52. The minimum Gasteiger partial charge on any atom is -0.348 e. The van der Waals surface area contributed by atoms with Gasteiger partial charge in [0.25, 0.3) is 0 Å². The van der Waals surface area contributed by atoms with Crippen molar-refractivity contribution in [2.45, 2.75) is 25.8 Å². The summed E-state index contributed by atoms with van der Waals surface area (Å²) in [5.74, 6) is 0.811. The van der Waals surface area contributed by atoms with E-state index in [1.807, 2.05) is 18.3 Å². The van der Waals surface area contributed by atoms with Gasteiger partial charge in [-0.05, 0) is 49.4 Å². The lowest BCUT2D eigenvalue weighted by Crippen LogP contribution is -2.20. The van der Waals surface area contributed by atoms with Crippen molar-refractivity contribution in [3.8, 4) is 0 Å². The first-order chi connectivity index (χ1) is 9.79. The fourth-order valence-corrected chi connectivity index (χ4v) is 3.05. The van der Waals surface area contributed by atoms with Gasteiger partial charge in [0.15, 0.2) is 0 Å². The molecule has 0 saturated carbocycles. The molecule has 1 aliphatic rings. The van der Waals surface area contributed by atoms with Crippen LogP contribution in [0.25, 0.3) is 0 Å². The second-order valence-corrected chi connectivity index (χ2v) is 6.07. The molecule has 1 N–H and O–H groups in total. The summed E-state index contributed by atoms with van der Waals surface area (Å²) < 4.78 is 0. The minimum atomic E-state index is 0.811. The van der Waals surface area contributed by atoms with Gasteiger partial charge >= 0.3 is 0 Å². The van der Waals surface area contributed by atoms with Crippen LogP contribution in [0.4, 0.5) is 0 Å². The van der Waals surface area contributed by atoms with Gasteiger partial charge in [-0.2, -0.15) is 0 Å². The lowest BCUT2D eigenvalue weighted by Gasteiger charge is -2.16. The van der Waals surface area contributed by atoms with Crippen LogP contribution in [-0.4, -0.2) is 28.0 Å². The number of rotatable bonds is 5. The molecule has 0 radical (unpaired) electrons. The molecule has 2 aromatic rings. The SMILES string of the molecule is Clc1ccc(CN2CCC(CCc3cnc[nH]3)C2)cc1. The maximum absolute atomic E-state index is 5.92. The van der Waals surface area contributed by atoms with Gasteiger partial charge in [-0.15, -0.1) is 0 Å². The Morgan fingerprint density at radius 2 is 2.15 bits per heavy atom. The van der Waals surface area contributed by atoms with Crippen molar-refractivity contribution in [2.24, 2.45) is 5.92 Å². The Morgan fingerprint density at radius 1 is 1.30 bits per heavy atom. The smallest absolute Gasteiger partial charge is 0.0921 e. The number of likely N-dealkylation sites (tertiary alicyclic amines) is 1. The molecule has 1 aromatic heterocycles. The molecular formula is C16H20ClN3. The van der Waals surface area contributed by atoms with Crippen molar-refractivity contribution in [3.63, 3.8) is 0 Å². The average Bonchev–Trinajstić information content (AvgIpc) is 3.10. The third-order valence-corrected chi connectivity index (χ3v) is 4.32. The van der Waals surface area contributed by atoms with Gasteiger partial charge < -0.3 is 4.98 Å². The predicted molar refractivity (Wildman–Crippen MR) is 81.7 cm³/mol. The normalized spacial score (nSPS) is 19.6. The molecule has 1 aromatic carbocycles. The third-order valence-electron chi connectivity index (χ3n) is 4.07. The molecule has 1 atom stereocenters. The van der Waals surface area contributed by atoms with Crippen LogP contribution in [0.3, 0.4) is 0 Å². The van der Waals surface area contributed by atoms with Gasteiger partial charge in [0.2, 0.25) is 0 Å². The van der Waals surface area contributed by atoms with Crippen molar-refractivity contribution in [1.29, 1.82) is 0 Å². The third kappa shape index (κ3) is 3.62. The summed E-state index contributed by atoms with van der Waals surface area (Å²) in [6.45, 7) is 3.45. The van der Waals surface area contributed by atoms with E-state index in [4.69, 9.17) is 11.6 Å². The van der Waals surface area contributed by atoms with E-state index in [9.17, 15) is 0 Å². The quantitative estimate of drug-likeness (QED) is 0.913. The van der Waals surface area contributed by atoms with Crippen LogP contribution >= 0.6 is 11.6 Å². The Hall–Kier alpha value is -1.32. The first-order valence-corrected chi connectivity index (χ1v) is 7.61. The molecule has 3 nitrogen and oxygen atoms in total. The van der Waals surface area contributed by atoms with E-state index in [2.05, 4.69) is 27.0 Å². The molecule has 1 fully saturated rings. The summed E-state index contributed by atoms with van der Waals surface area (Å²) in [6, 6.07) is 8.20. The van der Waals surface area contributed by atoms with Crippen molar-refractivity contribution in [2.75, 3.05) is 13.1 Å². The molecule has 1 unspecified atom stereocenters. The minimum absolute atomic E-state index is 0.811. The van der Waals surface area contributed by atoms with E-state index in [0.29, 0.717) is 0 Å². The largest absolute Gasteiger partial charge is 0.348 e. The lowest BCUT2D eigenvalue weighted by atomic mass is 10.0. The van der Waals surface area contributed by atoms with Crippen LogP contribution in [0.2, 0.25) is 5.02 Å². The standard InChI is InChI=1S/C16H20ClN3/c17-15-4-1-13(2-5-15)10-20-8-7-14(11-20)3-6-16-9-18-12-19-16/h1-2,4-5,9,12,14H,3,6-8,10-11H2,(H,18,19). The van der Waals surface area contributed by atoms with Crippen LogP contribution in [-0.2, 0) is 13.0 Å². The second-order valence-electron chi connectivity index (χ2n) is 5.63. The highest BCUT2D eigenvalue weighted by Crippen LogP contribution is 2.23. The van der Waals surface area contributed by atoms with E-state index < -0.39 is 0 Å². The molecule has 1 saturated heterocycles. The molecule has 0 aliphatic carbocycles. The van der Waals surface area contributed by atoms with Crippen molar-refractivity contribution < 1.29 is 0 Å². The Labute approximate surface area is 125 Å². The average molecular weight is 290 g/mol. The van der Waals surface area contributed by atoms with E-state index in [1.54, 1.807) is 6.33 Å². The molecule has 0 spiro atoms. The van der Waals surface area contributed by atoms with Gasteiger partial charge in [-0.1, -0.05) is 23.7 Å². The molecule has 2 heterocycles. The number of benzene rings is 1. The van der Waals surface area contributed by atoms with Crippen LogP contribution in [0, 0.1) is 5.92 Å². The number of imidazole rings is 1. The van der Waals surface area contributed by atoms with Gasteiger partial charge in [0.05, 0.1) is 6.33 Å². The Kier molecular flexibility index (Phi) is 4.38. The highest BCUT2D eigenvalue weighted by Gasteiger charge is 2.22. The van der Waals surface area contributed by atoms with Gasteiger partial charge in [-0.25, -0.2) is 4.98 Å². The van der Waals surface area contributed by atoms with E-state index >= 15 is 0 Å². The number of hydrogen-bond acceptors (Lipinski definition) is 2. The van der Waals surface area contributed by atoms with Gasteiger partial charge in [-0.3, -0.25) is 4.90 Å². The first-order valence-electron chi connectivity index (χ1n) is 7.23. The Balaban J connectivity index is 1.46. The topological polar surface area (TPSA) is 31.9 Å². The molecule has 0 amide bonds. The van der Waals surface area contributed by atoms with Crippen LogP contribution in [0.1, 0.15) is 24.1 Å². The molecule has 106 valence electrons. The number of aromatic amines is 1. The number of aryl methyl sites for hydroxylation is 1. The highest BCUT2D eigenvalue weighted by molar-refractivity contribution is 6.30. The molecule has 1 aliphatic heterocycles. The summed E-state index contributed by atoms with van der Waals surface area (Å²) in [7, 11) is 0. The molecule has 0 bridgehead atoms. The first kappa shape index (κ1) is 13.7. The summed E-state index contributed by atoms with van der Waals surface area (Å²) in [6.07, 6.45) is 7.36. The summed E-state index contributed by atoms with van der Waals surface area (Å²) in [5.41, 5.74) is 2.60. The Bertz CT molecular complexity index is 521. The summed E-state index contributed by atoms with van der Waals surface area (Å²) in [4.78, 5) is 9.79. The molecule has 3 rings (SSSR count). The maximum atomic E-state index is 5.92. The second kappa shape index (κ2) is 6.42. The number of nitrogens with one attached hydrogen (secondary N) is 1. The zero-order valence-corrected chi connectivity index (χ0v) is 12.3. The van der Waals surface area contributed by atoms with E-state index in [1.165, 1.54) is 37.2 Å². The number of nitrogens with zero attached hydrogens (tertiary/aromatic N) is 2. The lowest BCUT2D eigenvalue weighted by molar-refractivity contribution is 0.313. The number of H-pyrrole nitrogens is 1. The number of aromatic nitrogens is 2. The van der Waals surface area contributed by atoms with Gasteiger partial charge in [0.1, 0.15) is 0 Å². The molecule has 4 heteroatoms. The summed E-state index contributed by atoms with van der Waals surface area (Å²) >= 11 is 5.92. The highest BCUT2D eigenvalue weighted by atomic mass is 35.5. The van der Waals surface area contributed by atoms with Crippen LogP contribution < -0.4 is 0 Å². The van der Waals surface area contributed by atoms with Gasteiger partial charge in [0, 0.05) is 30.0 Å². The Morgan fingerprint density at radius 3 is 2.90 bits per heavy atom. The molecule has 20 heavy (non-hydrogen) atoms. The fourth-order valence-electron chi connectivity index (χ4n) is 2.92. The number of halogens is 1. The monoisotopic (exact) mass is 289 g/mol. The van der Waals surface area contributed by atoms with E-state index in [-0.39, 0.29) is 0 Å². The summed E-state index contributed by atoms with van der Waals surface area (Å²) in [5, 5.41) is 0.813. The van der Waals surface area contributed by atoms with Crippen molar-refractivity contribution >= 4 is 11.6 Å².